The summed E-state index contributed by atoms with van der Waals surface area (Å²) in [4.78, 5) is 44.2. The van der Waals surface area contributed by atoms with Crippen LogP contribution in [0.15, 0.2) is 111 Å². The van der Waals surface area contributed by atoms with Gasteiger partial charge in [0.2, 0.25) is 0 Å². The number of non-ortho nitro benzene ring substituents is 1. The molecule has 0 N–H and O–H groups in total. The summed E-state index contributed by atoms with van der Waals surface area (Å²) in [5.41, 5.74) is 3.14. The first-order chi connectivity index (χ1) is 24.2. The van der Waals surface area contributed by atoms with Gasteiger partial charge in [-0.05, 0) is 90.0 Å². The van der Waals surface area contributed by atoms with Crippen LogP contribution in [0.4, 0.5) is 5.69 Å². The van der Waals surface area contributed by atoms with Crippen molar-refractivity contribution in [2.75, 3.05) is 13.2 Å². The van der Waals surface area contributed by atoms with Crippen molar-refractivity contribution in [1.29, 1.82) is 0 Å². The lowest BCUT2D eigenvalue weighted by Gasteiger charge is -2.26. The molecular weight excluding hydrogens is 837 g/mol. The number of carbonyl (C=O) groups excluding carboxylic acids is 1. The number of nitro benzene ring substituents is 1. The lowest BCUT2D eigenvalue weighted by molar-refractivity contribution is -0.384. The number of hydrogen-bond donors (Lipinski definition) is 0. The van der Waals surface area contributed by atoms with Crippen LogP contribution in [0.5, 0.6) is 11.5 Å². The summed E-state index contributed by atoms with van der Waals surface area (Å²) in [5, 5.41) is 11.1. The smallest absolute Gasteiger partial charge is 0.338 e. The summed E-state index contributed by atoms with van der Waals surface area (Å²) < 4.78 is 21.0. The van der Waals surface area contributed by atoms with Crippen molar-refractivity contribution >= 4 is 73.3 Å². The van der Waals surface area contributed by atoms with Crippen molar-refractivity contribution < 1.29 is 23.9 Å². The van der Waals surface area contributed by atoms with Gasteiger partial charge in [-0.15, -0.1) is 0 Å². The van der Waals surface area contributed by atoms with Gasteiger partial charge in [0.05, 0.1) is 43.6 Å². The molecule has 4 aromatic carbocycles. The maximum atomic E-state index is 14.5. The maximum absolute atomic E-state index is 14.5. The fourth-order valence-electron chi connectivity index (χ4n) is 5.52. The fraction of sp³-hybridized carbons (Fsp3) is 0.162. The van der Waals surface area contributed by atoms with Crippen LogP contribution in [-0.2, 0) is 16.1 Å². The van der Waals surface area contributed by atoms with Gasteiger partial charge in [-0.25, -0.2) is 9.79 Å². The zero-order valence-electron chi connectivity index (χ0n) is 26.8. The maximum Gasteiger partial charge on any atom is 0.338 e. The Balaban J connectivity index is 1.52. The minimum atomic E-state index is -0.834. The molecule has 6 rings (SSSR count). The van der Waals surface area contributed by atoms with Gasteiger partial charge in [0.1, 0.15) is 18.1 Å². The van der Waals surface area contributed by atoms with E-state index in [9.17, 15) is 19.7 Å². The third kappa shape index (κ3) is 7.44. The molecule has 1 aliphatic heterocycles. The number of nitrogens with zero attached hydrogens (tertiary/aromatic N) is 3. The molecule has 0 unspecified atom stereocenters. The van der Waals surface area contributed by atoms with Crippen LogP contribution >= 0.6 is 49.9 Å². The van der Waals surface area contributed by atoms with E-state index in [1.165, 1.54) is 23.5 Å². The Morgan fingerprint density at radius 3 is 2.40 bits per heavy atom. The van der Waals surface area contributed by atoms with Gasteiger partial charge in [-0.3, -0.25) is 19.5 Å². The first-order valence-corrected chi connectivity index (χ1v) is 18.2. The molecule has 1 aromatic heterocycles. The van der Waals surface area contributed by atoms with Crippen LogP contribution < -0.4 is 24.4 Å². The van der Waals surface area contributed by atoms with Crippen LogP contribution in [0.25, 0.3) is 11.8 Å². The third-order valence-corrected chi connectivity index (χ3v) is 9.98. The second-order valence-electron chi connectivity index (χ2n) is 11.0. The zero-order chi connectivity index (χ0) is 35.4. The number of thiazole rings is 1. The van der Waals surface area contributed by atoms with Crippen molar-refractivity contribution in [1.82, 2.24) is 4.57 Å². The largest absolute Gasteiger partial charge is 0.494 e. The number of esters is 1. The standard InChI is InChI=1S/C37H29BrIN3O7S/c1-3-47-28-16-12-24(13-17-28)33-31(36(44)48-4-2)32(23-8-6-5-7-9-23)40-37-41(33)35(43)30(50-37)19-25-18-26(38)20-29(39)34(25)49-21-22-10-14-27(15-11-22)42(45)46/h5-20,33H,3-4,21H2,1-2H3/b30-19-/t33-/m1/s1. The van der Waals surface area contributed by atoms with E-state index in [0.29, 0.717) is 49.8 Å². The van der Waals surface area contributed by atoms with Crippen molar-refractivity contribution in [3.8, 4) is 11.5 Å². The molecule has 254 valence electrons. The summed E-state index contributed by atoms with van der Waals surface area (Å²) in [5.74, 6) is 0.643. The monoisotopic (exact) mass is 865 g/mol. The molecule has 0 amide bonds. The lowest BCUT2D eigenvalue weighted by Crippen LogP contribution is -2.40. The first kappa shape index (κ1) is 35.2. The predicted molar refractivity (Wildman–Crippen MR) is 203 cm³/mol. The molecule has 0 aliphatic carbocycles. The summed E-state index contributed by atoms with van der Waals surface area (Å²) in [7, 11) is 0. The molecule has 50 heavy (non-hydrogen) atoms. The second kappa shape index (κ2) is 15.5. The zero-order valence-corrected chi connectivity index (χ0v) is 31.4. The molecule has 0 spiro atoms. The Kier molecular flexibility index (Phi) is 10.9. The van der Waals surface area contributed by atoms with Gasteiger partial charge in [-0.2, -0.15) is 0 Å². The van der Waals surface area contributed by atoms with Crippen LogP contribution in [-0.4, -0.2) is 28.7 Å². The Morgan fingerprint density at radius 1 is 1.02 bits per heavy atom. The molecule has 0 bridgehead atoms. The SMILES string of the molecule is CCOC(=O)C1=C(c2ccccc2)N=c2s/c(=C\c3cc(Br)cc(I)c3OCc3ccc([N+](=O)[O-])cc3)c(=O)n2[C@@H]1c1ccc(OCC)cc1. The van der Waals surface area contributed by atoms with Gasteiger partial charge < -0.3 is 14.2 Å². The molecule has 0 saturated heterocycles. The average Bonchev–Trinajstić information content (AvgIpc) is 3.42. The number of aromatic nitrogens is 1. The van der Waals surface area contributed by atoms with Crippen molar-refractivity contribution in [3.63, 3.8) is 0 Å². The van der Waals surface area contributed by atoms with E-state index < -0.39 is 16.9 Å². The van der Waals surface area contributed by atoms with Gasteiger partial charge in [-0.1, -0.05) is 69.7 Å². The van der Waals surface area contributed by atoms with E-state index in [0.717, 1.165) is 13.6 Å². The number of carbonyl (C=O) groups is 1. The molecule has 10 nitrogen and oxygen atoms in total. The number of ether oxygens (including phenoxy) is 3. The topological polar surface area (TPSA) is 122 Å². The number of benzene rings is 4. The minimum Gasteiger partial charge on any atom is -0.494 e. The second-order valence-corrected chi connectivity index (χ2v) is 14.0. The van der Waals surface area contributed by atoms with E-state index in [1.54, 1.807) is 29.7 Å². The number of rotatable bonds is 11. The third-order valence-electron chi connectivity index (χ3n) is 7.73. The molecule has 1 aliphatic rings. The van der Waals surface area contributed by atoms with Crippen molar-refractivity contribution in [3.05, 3.63) is 157 Å². The number of fused-ring (bicyclic) bond motifs is 1. The highest BCUT2D eigenvalue weighted by Gasteiger charge is 2.35. The Morgan fingerprint density at radius 2 is 1.74 bits per heavy atom. The Hall–Kier alpha value is -4.60. The van der Waals surface area contributed by atoms with Gasteiger partial charge in [0, 0.05) is 27.7 Å². The van der Waals surface area contributed by atoms with Crippen LogP contribution in [0.1, 0.15) is 42.1 Å². The molecule has 1 atom stereocenters. The van der Waals surface area contributed by atoms with Crippen LogP contribution in [0, 0.1) is 13.7 Å². The quantitative estimate of drug-likeness (QED) is 0.0597. The van der Waals surface area contributed by atoms with E-state index in [2.05, 4.69) is 38.5 Å². The predicted octanol–water partition coefficient (Wildman–Crippen LogP) is 7.19. The fourth-order valence-corrected chi connectivity index (χ4v) is 8.22. The molecule has 5 aromatic rings. The lowest BCUT2D eigenvalue weighted by atomic mass is 9.93. The van der Waals surface area contributed by atoms with Crippen LogP contribution in [0.2, 0.25) is 0 Å². The molecule has 0 fully saturated rings. The summed E-state index contributed by atoms with van der Waals surface area (Å²) >= 11 is 6.95. The summed E-state index contributed by atoms with van der Waals surface area (Å²) in [6.45, 7) is 4.43. The van der Waals surface area contributed by atoms with Crippen molar-refractivity contribution in [2.24, 2.45) is 4.99 Å². The normalized spacial score (nSPS) is 14.2. The number of hydrogen-bond acceptors (Lipinski definition) is 9. The first-order valence-electron chi connectivity index (χ1n) is 15.5. The van der Waals surface area contributed by atoms with Crippen molar-refractivity contribution in [2.45, 2.75) is 26.5 Å². The number of nitro groups is 1. The van der Waals surface area contributed by atoms with Gasteiger partial charge >= 0.3 is 5.97 Å². The Labute approximate surface area is 312 Å². The van der Waals surface area contributed by atoms with E-state index in [1.807, 2.05) is 73.7 Å². The molecule has 0 radical (unpaired) electrons. The Bertz CT molecular complexity index is 2290. The summed E-state index contributed by atoms with van der Waals surface area (Å²) in [6.07, 6.45) is 1.76. The van der Waals surface area contributed by atoms with E-state index in [-0.39, 0.29) is 30.0 Å². The molecule has 2 heterocycles. The minimum absolute atomic E-state index is 0.00638. The summed E-state index contributed by atoms with van der Waals surface area (Å²) in [6, 6.07) is 25.8. The molecular formula is C37H29BrIN3O7S. The highest BCUT2D eigenvalue weighted by Crippen LogP contribution is 2.36. The van der Waals surface area contributed by atoms with E-state index >= 15 is 0 Å². The highest BCUT2D eigenvalue weighted by molar-refractivity contribution is 14.1. The average molecular weight is 867 g/mol. The highest BCUT2D eigenvalue weighted by atomic mass is 127. The van der Waals surface area contributed by atoms with Gasteiger partial charge in [0.25, 0.3) is 11.2 Å². The molecule has 13 heteroatoms. The number of halogens is 2. The molecule has 0 saturated carbocycles. The van der Waals surface area contributed by atoms with Crippen LogP contribution in [0.3, 0.4) is 0 Å². The van der Waals surface area contributed by atoms with Gasteiger partial charge in [0.15, 0.2) is 4.80 Å². The van der Waals surface area contributed by atoms with E-state index in [4.69, 9.17) is 19.2 Å².